The van der Waals surface area contributed by atoms with Gasteiger partial charge in [0.05, 0.1) is 13.2 Å². The van der Waals surface area contributed by atoms with Crippen LogP contribution in [0, 0.1) is 5.92 Å². The number of thiazole rings is 1. The second kappa shape index (κ2) is 9.59. The Balaban J connectivity index is 1.90. The maximum Gasteiger partial charge on any atom is 0.434 e. The van der Waals surface area contributed by atoms with Crippen LogP contribution in [-0.2, 0) is 19.3 Å². The second-order valence-corrected chi connectivity index (χ2v) is 7.16. The second-order valence-electron chi connectivity index (χ2n) is 6.22. The van der Waals surface area contributed by atoms with Gasteiger partial charge in [0.25, 0.3) is 0 Å². The van der Waals surface area contributed by atoms with Crippen molar-refractivity contribution in [1.82, 2.24) is 15.6 Å². The number of hydrogen-bond acceptors (Lipinski definition) is 4. The molecule has 1 aromatic carbocycles. The van der Waals surface area contributed by atoms with Crippen LogP contribution >= 0.6 is 11.3 Å². The highest BCUT2D eigenvalue weighted by molar-refractivity contribution is 7.09. The van der Waals surface area contributed by atoms with Crippen LogP contribution in [-0.4, -0.2) is 24.6 Å². The molecular weight excluding hydrogens is 377 g/mol. The van der Waals surface area contributed by atoms with Crippen molar-refractivity contribution < 1.29 is 17.9 Å². The van der Waals surface area contributed by atoms with E-state index >= 15 is 0 Å². The van der Waals surface area contributed by atoms with E-state index < -0.39 is 11.9 Å². The standard InChI is InChI=1S/C18H23F3N4OS/c1-12(2)10-26-14-7-5-4-6-13(14)8-23-17(22-3)24-9-16-25-15(11-27-16)18(19,20)21/h4-7,11-12H,8-10H2,1-3H3,(H2,22,23,24). The van der Waals surface area contributed by atoms with E-state index in [9.17, 15) is 13.2 Å². The van der Waals surface area contributed by atoms with E-state index in [0.717, 1.165) is 28.0 Å². The normalized spacial score (nSPS) is 12.3. The van der Waals surface area contributed by atoms with E-state index in [0.29, 0.717) is 30.0 Å². The Kier molecular flexibility index (Phi) is 7.46. The molecule has 0 aliphatic carbocycles. The maximum absolute atomic E-state index is 12.6. The molecule has 0 saturated heterocycles. The molecule has 0 saturated carbocycles. The molecule has 0 radical (unpaired) electrons. The minimum absolute atomic E-state index is 0.159. The number of nitrogens with zero attached hydrogens (tertiary/aromatic N) is 2. The van der Waals surface area contributed by atoms with Gasteiger partial charge >= 0.3 is 6.18 Å². The lowest BCUT2D eigenvalue weighted by Gasteiger charge is -2.15. The predicted molar refractivity (Wildman–Crippen MR) is 101 cm³/mol. The van der Waals surface area contributed by atoms with E-state index in [-0.39, 0.29) is 6.54 Å². The zero-order valence-electron chi connectivity index (χ0n) is 15.4. The van der Waals surface area contributed by atoms with E-state index in [1.165, 1.54) is 0 Å². The number of hydrogen-bond donors (Lipinski definition) is 2. The van der Waals surface area contributed by atoms with E-state index in [2.05, 4.69) is 34.5 Å². The number of ether oxygens (including phenoxy) is 1. The van der Waals surface area contributed by atoms with Crippen LogP contribution < -0.4 is 15.4 Å². The monoisotopic (exact) mass is 400 g/mol. The van der Waals surface area contributed by atoms with Crippen molar-refractivity contribution >= 4 is 17.3 Å². The van der Waals surface area contributed by atoms with Gasteiger partial charge in [-0.05, 0) is 12.0 Å². The fourth-order valence-corrected chi connectivity index (χ4v) is 2.87. The SMILES string of the molecule is CN=C(NCc1nc(C(F)(F)F)cs1)NCc1ccccc1OCC(C)C. The molecule has 2 rings (SSSR count). The van der Waals surface area contributed by atoms with E-state index in [1.807, 2.05) is 24.3 Å². The number of nitrogens with one attached hydrogen (secondary N) is 2. The van der Waals surface area contributed by atoms with Crippen LogP contribution in [0.4, 0.5) is 13.2 Å². The molecule has 0 spiro atoms. The zero-order chi connectivity index (χ0) is 19.9. The quantitative estimate of drug-likeness (QED) is 0.544. The number of rotatable bonds is 7. The summed E-state index contributed by atoms with van der Waals surface area (Å²) in [5, 5.41) is 7.45. The molecule has 0 unspecified atom stereocenters. The summed E-state index contributed by atoms with van der Waals surface area (Å²) in [6.07, 6.45) is -4.42. The van der Waals surface area contributed by atoms with Crippen molar-refractivity contribution in [3.05, 3.63) is 45.9 Å². The van der Waals surface area contributed by atoms with Crippen molar-refractivity contribution in [2.24, 2.45) is 10.9 Å². The summed E-state index contributed by atoms with van der Waals surface area (Å²) in [5.74, 6) is 1.68. The highest BCUT2D eigenvalue weighted by Gasteiger charge is 2.33. The van der Waals surface area contributed by atoms with Gasteiger partial charge in [-0.3, -0.25) is 4.99 Å². The molecule has 1 heterocycles. The number of benzene rings is 1. The third-order valence-corrected chi connectivity index (χ3v) is 4.31. The Morgan fingerprint density at radius 2 is 1.93 bits per heavy atom. The number of para-hydroxylation sites is 1. The molecule has 0 fully saturated rings. The smallest absolute Gasteiger partial charge is 0.434 e. The number of alkyl halides is 3. The fraction of sp³-hybridized carbons (Fsp3) is 0.444. The Hall–Kier alpha value is -2.29. The summed E-state index contributed by atoms with van der Waals surface area (Å²) in [6, 6.07) is 7.69. The van der Waals surface area contributed by atoms with Crippen molar-refractivity contribution in [2.45, 2.75) is 33.1 Å². The molecule has 9 heteroatoms. The number of guanidine groups is 1. The van der Waals surface area contributed by atoms with Gasteiger partial charge in [-0.1, -0.05) is 32.0 Å². The van der Waals surface area contributed by atoms with Gasteiger partial charge in [-0.2, -0.15) is 13.2 Å². The molecule has 1 aromatic heterocycles. The van der Waals surface area contributed by atoms with Crippen LogP contribution in [0.3, 0.4) is 0 Å². The van der Waals surface area contributed by atoms with Gasteiger partial charge in [0.2, 0.25) is 0 Å². The summed E-state index contributed by atoms with van der Waals surface area (Å²) < 4.78 is 43.6. The number of aromatic nitrogens is 1. The van der Waals surface area contributed by atoms with Crippen LogP contribution in [0.2, 0.25) is 0 Å². The van der Waals surface area contributed by atoms with E-state index in [4.69, 9.17) is 4.74 Å². The Morgan fingerprint density at radius 1 is 1.22 bits per heavy atom. The lowest BCUT2D eigenvalue weighted by molar-refractivity contribution is -0.140. The highest BCUT2D eigenvalue weighted by atomic mass is 32.1. The van der Waals surface area contributed by atoms with Crippen molar-refractivity contribution in [3.63, 3.8) is 0 Å². The molecule has 2 N–H and O–H groups in total. The largest absolute Gasteiger partial charge is 0.493 e. The van der Waals surface area contributed by atoms with Crippen LogP contribution in [0.1, 0.15) is 30.1 Å². The summed E-state index contributed by atoms with van der Waals surface area (Å²) >= 11 is 0.959. The van der Waals surface area contributed by atoms with Crippen LogP contribution in [0.15, 0.2) is 34.6 Å². The first-order chi connectivity index (χ1) is 12.8. The lowest BCUT2D eigenvalue weighted by atomic mass is 10.2. The van der Waals surface area contributed by atoms with Gasteiger partial charge in [0.1, 0.15) is 10.8 Å². The van der Waals surface area contributed by atoms with Gasteiger partial charge in [-0.15, -0.1) is 11.3 Å². The zero-order valence-corrected chi connectivity index (χ0v) is 16.2. The molecule has 148 valence electrons. The minimum Gasteiger partial charge on any atom is -0.493 e. The fourth-order valence-electron chi connectivity index (χ4n) is 2.13. The minimum atomic E-state index is -4.42. The molecule has 5 nitrogen and oxygen atoms in total. The first-order valence-corrected chi connectivity index (χ1v) is 9.34. The van der Waals surface area contributed by atoms with Crippen molar-refractivity contribution in [3.8, 4) is 5.75 Å². The topological polar surface area (TPSA) is 58.5 Å². The molecule has 0 amide bonds. The van der Waals surface area contributed by atoms with Gasteiger partial charge in [-0.25, -0.2) is 4.98 Å². The summed E-state index contributed by atoms with van der Waals surface area (Å²) in [7, 11) is 1.60. The molecular formula is C18H23F3N4OS. The summed E-state index contributed by atoms with van der Waals surface area (Å²) in [4.78, 5) is 7.68. The van der Waals surface area contributed by atoms with E-state index in [1.54, 1.807) is 7.05 Å². The molecule has 0 aliphatic rings. The molecule has 27 heavy (non-hydrogen) atoms. The van der Waals surface area contributed by atoms with Crippen LogP contribution in [0.25, 0.3) is 0 Å². The molecule has 0 bridgehead atoms. The number of aliphatic imine (C=N–C) groups is 1. The average molecular weight is 400 g/mol. The van der Waals surface area contributed by atoms with Gasteiger partial charge < -0.3 is 15.4 Å². The van der Waals surface area contributed by atoms with Crippen LogP contribution in [0.5, 0.6) is 5.75 Å². The molecule has 0 atom stereocenters. The summed E-state index contributed by atoms with van der Waals surface area (Å²) in [6.45, 7) is 5.41. The average Bonchev–Trinajstić information content (AvgIpc) is 3.10. The van der Waals surface area contributed by atoms with Gasteiger partial charge in [0, 0.05) is 24.5 Å². The first kappa shape index (κ1) is 21.0. The Bertz CT molecular complexity index is 759. The van der Waals surface area contributed by atoms with Gasteiger partial charge in [0.15, 0.2) is 11.7 Å². The Labute approximate surface area is 160 Å². The Morgan fingerprint density at radius 3 is 2.56 bits per heavy atom. The molecule has 0 aliphatic heterocycles. The van der Waals surface area contributed by atoms with Crippen molar-refractivity contribution in [1.29, 1.82) is 0 Å². The maximum atomic E-state index is 12.6. The third-order valence-electron chi connectivity index (χ3n) is 3.46. The van der Waals surface area contributed by atoms with Crippen molar-refractivity contribution in [2.75, 3.05) is 13.7 Å². The molecule has 2 aromatic rings. The lowest BCUT2D eigenvalue weighted by Crippen LogP contribution is -2.36. The number of halogens is 3. The first-order valence-electron chi connectivity index (χ1n) is 8.46. The predicted octanol–water partition coefficient (Wildman–Crippen LogP) is 4.06. The highest BCUT2D eigenvalue weighted by Crippen LogP contribution is 2.29. The third kappa shape index (κ3) is 6.74. The summed E-state index contributed by atoms with van der Waals surface area (Å²) in [5.41, 5.74) is 0.0955.